The van der Waals surface area contributed by atoms with Gasteiger partial charge in [-0.05, 0) is 35.2 Å². The number of non-ortho nitro benzene ring substituents is 1. The Balaban J connectivity index is 1.79. The molecular formula is C19H23N3O3. The molecule has 0 saturated heterocycles. The van der Waals surface area contributed by atoms with Crippen LogP contribution in [0, 0.1) is 10.1 Å². The fourth-order valence-electron chi connectivity index (χ4n) is 2.31. The maximum Gasteiger partial charge on any atom is 0.269 e. The Kier molecular flexibility index (Phi) is 5.75. The molecule has 25 heavy (non-hydrogen) atoms. The highest BCUT2D eigenvalue weighted by atomic mass is 16.6. The van der Waals surface area contributed by atoms with Crippen molar-refractivity contribution >= 4 is 17.3 Å². The molecule has 0 spiro atoms. The zero-order valence-corrected chi connectivity index (χ0v) is 14.7. The lowest BCUT2D eigenvalue weighted by molar-refractivity contribution is -0.384. The average molecular weight is 341 g/mol. The van der Waals surface area contributed by atoms with Crippen LogP contribution < -0.4 is 10.6 Å². The van der Waals surface area contributed by atoms with Gasteiger partial charge in [0.05, 0.1) is 4.92 Å². The summed E-state index contributed by atoms with van der Waals surface area (Å²) in [6.45, 7) is 7.38. The fourth-order valence-corrected chi connectivity index (χ4v) is 2.31. The minimum absolute atomic E-state index is 0.0533. The van der Waals surface area contributed by atoms with Crippen molar-refractivity contribution in [3.63, 3.8) is 0 Å². The Morgan fingerprint density at radius 2 is 1.60 bits per heavy atom. The molecule has 0 unspecified atom stereocenters. The van der Waals surface area contributed by atoms with Crippen molar-refractivity contribution in [2.75, 3.05) is 18.4 Å². The zero-order chi connectivity index (χ0) is 18.4. The summed E-state index contributed by atoms with van der Waals surface area (Å²) in [6, 6.07) is 13.8. The Labute approximate surface area is 147 Å². The first-order chi connectivity index (χ1) is 11.8. The fraction of sp³-hybridized carbons (Fsp3) is 0.316. The highest BCUT2D eigenvalue weighted by Crippen LogP contribution is 2.22. The molecule has 6 heteroatoms. The molecule has 2 aromatic rings. The second-order valence-electron chi connectivity index (χ2n) is 6.81. The van der Waals surface area contributed by atoms with E-state index < -0.39 is 4.92 Å². The summed E-state index contributed by atoms with van der Waals surface area (Å²) in [5, 5.41) is 16.6. The molecule has 0 bridgehead atoms. The predicted octanol–water partition coefficient (Wildman–Crippen LogP) is 3.73. The van der Waals surface area contributed by atoms with Crippen LogP contribution in [-0.4, -0.2) is 23.9 Å². The molecule has 2 aromatic carbocycles. The van der Waals surface area contributed by atoms with Crippen molar-refractivity contribution in [2.45, 2.75) is 26.2 Å². The van der Waals surface area contributed by atoms with Crippen LogP contribution in [0.3, 0.4) is 0 Å². The number of carbonyl (C=O) groups excluding carboxylic acids is 1. The van der Waals surface area contributed by atoms with Gasteiger partial charge in [0.25, 0.3) is 11.6 Å². The molecular weight excluding hydrogens is 318 g/mol. The Morgan fingerprint density at radius 1 is 1.00 bits per heavy atom. The third kappa shape index (κ3) is 5.31. The first-order valence-electron chi connectivity index (χ1n) is 8.14. The van der Waals surface area contributed by atoms with Crippen molar-refractivity contribution in [2.24, 2.45) is 0 Å². The van der Waals surface area contributed by atoms with E-state index >= 15 is 0 Å². The van der Waals surface area contributed by atoms with Gasteiger partial charge < -0.3 is 10.6 Å². The minimum atomic E-state index is -0.436. The van der Waals surface area contributed by atoms with Crippen LogP contribution in [0.4, 0.5) is 11.4 Å². The highest BCUT2D eigenvalue weighted by Gasteiger charge is 2.14. The smallest absolute Gasteiger partial charge is 0.269 e. The number of benzene rings is 2. The monoisotopic (exact) mass is 341 g/mol. The molecule has 0 aliphatic rings. The topological polar surface area (TPSA) is 84.3 Å². The number of nitrogens with one attached hydrogen (secondary N) is 2. The zero-order valence-electron chi connectivity index (χ0n) is 14.7. The normalized spacial score (nSPS) is 11.0. The van der Waals surface area contributed by atoms with Gasteiger partial charge in [-0.3, -0.25) is 14.9 Å². The van der Waals surface area contributed by atoms with E-state index in [0.29, 0.717) is 18.7 Å². The quantitative estimate of drug-likeness (QED) is 0.476. The number of hydrogen-bond donors (Lipinski definition) is 2. The van der Waals surface area contributed by atoms with Crippen LogP contribution in [0.2, 0.25) is 0 Å². The second kappa shape index (κ2) is 7.79. The molecule has 0 atom stereocenters. The van der Waals surface area contributed by atoms with Crippen molar-refractivity contribution in [3.8, 4) is 0 Å². The van der Waals surface area contributed by atoms with Crippen LogP contribution in [-0.2, 0) is 5.41 Å². The van der Waals surface area contributed by atoms with E-state index in [9.17, 15) is 14.9 Å². The van der Waals surface area contributed by atoms with Crippen molar-refractivity contribution in [1.29, 1.82) is 0 Å². The first-order valence-corrected chi connectivity index (χ1v) is 8.14. The Bertz CT molecular complexity index is 732. The number of anilines is 1. The van der Waals surface area contributed by atoms with E-state index in [1.165, 1.54) is 17.7 Å². The summed E-state index contributed by atoms with van der Waals surface area (Å²) >= 11 is 0. The summed E-state index contributed by atoms with van der Waals surface area (Å²) in [5.41, 5.74) is 2.70. The summed E-state index contributed by atoms with van der Waals surface area (Å²) in [7, 11) is 0. The number of nitro benzene ring substituents is 1. The number of carbonyl (C=O) groups is 1. The van der Waals surface area contributed by atoms with Crippen molar-refractivity contribution in [1.82, 2.24) is 5.32 Å². The van der Waals surface area contributed by atoms with E-state index in [1.54, 1.807) is 12.1 Å². The van der Waals surface area contributed by atoms with E-state index in [1.807, 2.05) is 24.3 Å². The van der Waals surface area contributed by atoms with Gasteiger partial charge in [0.15, 0.2) is 0 Å². The summed E-state index contributed by atoms with van der Waals surface area (Å²) < 4.78 is 0. The average Bonchev–Trinajstić information content (AvgIpc) is 2.58. The molecule has 0 aromatic heterocycles. The number of nitrogens with zero attached hydrogens (tertiary/aromatic N) is 1. The molecule has 2 rings (SSSR count). The minimum Gasteiger partial charge on any atom is -0.383 e. The number of amides is 1. The van der Waals surface area contributed by atoms with Crippen LogP contribution in [0.5, 0.6) is 0 Å². The van der Waals surface area contributed by atoms with Gasteiger partial charge in [0.2, 0.25) is 0 Å². The van der Waals surface area contributed by atoms with E-state index in [2.05, 4.69) is 31.4 Å². The molecule has 0 radical (unpaired) electrons. The molecule has 0 aliphatic heterocycles. The van der Waals surface area contributed by atoms with E-state index in [4.69, 9.17) is 0 Å². The SMILES string of the molecule is CC(C)(C)c1ccc(C(=O)NCCNc2ccc([N+](=O)[O-])cc2)cc1. The van der Waals surface area contributed by atoms with Crippen molar-refractivity contribution in [3.05, 3.63) is 69.8 Å². The summed E-state index contributed by atoms with van der Waals surface area (Å²) in [5.74, 6) is -0.119. The van der Waals surface area contributed by atoms with Crippen LogP contribution >= 0.6 is 0 Å². The number of nitro groups is 1. The molecule has 0 heterocycles. The van der Waals surface area contributed by atoms with E-state index in [0.717, 1.165) is 5.69 Å². The predicted molar refractivity (Wildman–Crippen MR) is 99.1 cm³/mol. The Morgan fingerprint density at radius 3 is 2.12 bits per heavy atom. The second-order valence-corrected chi connectivity index (χ2v) is 6.81. The van der Waals surface area contributed by atoms with Gasteiger partial charge in [0, 0.05) is 36.5 Å². The van der Waals surface area contributed by atoms with E-state index in [-0.39, 0.29) is 17.0 Å². The highest BCUT2D eigenvalue weighted by molar-refractivity contribution is 5.94. The summed E-state index contributed by atoms with van der Waals surface area (Å²) in [6.07, 6.45) is 0. The first kappa shape index (κ1) is 18.4. The molecule has 132 valence electrons. The third-order valence-electron chi connectivity index (χ3n) is 3.83. The maximum absolute atomic E-state index is 12.1. The van der Waals surface area contributed by atoms with Gasteiger partial charge in [-0.2, -0.15) is 0 Å². The molecule has 0 fully saturated rings. The standard InChI is InChI=1S/C19H23N3O3/c1-19(2,3)15-6-4-14(5-7-15)18(23)21-13-12-20-16-8-10-17(11-9-16)22(24)25/h4-11,20H,12-13H2,1-3H3,(H,21,23). The van der Waals surface area contributed by atoms with Crippen molar-refractivity contribution < 1.29 is 9.72 Å². The number of rotatable bonds is 6. The maximum atomic E-state index is 12.1. The molecule has 0 saturated carbocycles. The van der Waals surface area contributed by atoms with Crippen LogP contribution in [0.1, 0.15) is 36.7 Å². The van der Waals surface area contributed by atoms with Crippen LogP contribution in [0.25, 0.3) is 0 Å². The molecule has 2 N–H and O–H groups in total. The van der Waals surface area contributed by atoms with Gasteiger partial charge in [-0.1, -0.05) is 32.9 Å². The summed E-state index contributed by atoms with van der Waals surface area (Å²) in [4.78, 5) is 22.3. The lowest BCUT2D eigenvalue weighted by atomic mass is 9.87. The molecule has 0 aliphatic carbocycles. The van der Waals surface area contributed by atoms with Crippen LogP contribution in [0.15, 0.2) is 48.5 Å². The Hall–Kier alpha value is -2.89. The lowest BCUT2D eigenvalue weighted by Gasteiger charge is -2.19. The van der Waals surface area contributed by atoms with Gasteiger partial charge in [-0.15, -0.1) is 0 Å². The van der Waals surface area contributed by atoms with Gasteiger partial charge in [0.1, 0.15) is 0 Å². The van der Waals surface area contributed by atoms with Gasteiger partial charge in [-0.25, -0.2) is 0 Å². The third-order valence-corrected chi connectivity index (χ3v) is 3.83. The largest absolute Gasteiger partial charge is 0.383 e. The molecule has 1 amide bonds. The number of hydrogen-bond acceptors (Lipinski definition) is 4. The molecule has 6 nitrogen and oxygen atoms in total. The lowest BCUT2D eigenvalue weighted by Crippen LogP contribution is -2.28. The van der Waals surface area contributed by atoms with Gasteiger partial charge >= 0.3 is 0 Å².